The van der Waals surface area contributed by atoms with Crippen LogP contribution in [-0.2, 0) is 30.9 Å². The number of aliphatic imine (C=N–C) groups is 1. The molecule has 0 bridgehead atoms. The van der Waals surface area contributed by atoms with Gasteiger partial charge in [-0.2, -0.15) is 10.2 Å². The quantitative estimate of drug-likeness (QED) is 0.331. The second-order valence-corrected chi connectivity index (χ2v) is 7.61. The van der Waals surface area contributed by atoms with Gasteiger partial charge >= 0.3 is 0 Å². The molecule has 2 atom stereocenters. The highest BCUT2D eigenvalue weighted by Crippen LogP contribution is 2.13. The number of fused-ring (bicyclic) bond motifs is 1. The van der Waals surface area contributed by atoms with Crippen molar-refractivity contribution in [3.63, 3.8) is 0 Å². The van der Waals surface area contributed by atoms with Crippen LogP contribution in [0.3, 0.4) is 0 Å². The van der Waals surface area contributed by atoms with Gasteiger partial charge in [0, 0.05) is 45.4 Å². The summed E-state index contributed by atoms with van der Waals surface area (Å²) in [6.45, 7) is 9.30. The van der Waals surface area contributed by atoms with E-state index in [1.54, 1.807) is 14.2 Å². The third kappa shape index (κ3) is 6.39. The lowest BCUT2D eigenvalue weighted by Gasteiger charge is -2.26. The zero-order chi connectivity index (χ0) is 20.1. The minimum absolute atomic E-state index is 0. The monoisotopic (exact) mass is 516 g/mol. The van der Waals surface area contributed by atoms with Crippen LogP contribution in [0.1, 0.15) is 36.4 Å². The van der Waals surface area contributed by atoms with Gasteiger partial charge in [0.1, 0.15) is 12.4 Å². The Kier molecular flexibility index (Phi) is 8.87. The van der Waals surface area contributed by atoms with Crippen molar-refractivity contribution in [2.45, 2.75) is 59.4 Å². The van der Waals surface area contributed by atoms with Gasteiger partial charge in [-0.3, -0.25) is 9.67 Å². The molecule has 0 aliphatic carbocycles. The van der Waals surface area contributed by atoms with Crippen molar-refractivity contribution in [3.05, 3.63) is 29.1 Å². The normalized spacial score (nSPS) is 17.4. The summed E-state index contributed by atoms with van der Waals surface area (Å²) in [5, 5.41) is 16.0. The average Bonchev–Trinajstić information content (AvgIpc) is 3.20. The van der Waals surface area contributed by atoms with Crippen LogP contribution in [0.5, 0.6) is 0 Å². The molecular formula is C19H33IN8O. The van der Waals surface area contributed by atoms with E-state index in [4.69, 9.17) is 4.74 Å². The Bertz CT molecular complexity index is 815. The van der Waals surface area contributed by atoms with Crippen LogP contribution >= 0.6 is 24.0 Å². The number of guanidine groups is 1. The van der Waals surface area contributed by atoms with Gasteiger partial charge in [0.2, 0.25) is 0 Å². The molecule has 2 N–H and O–H groups in total. The first-order valence-electron chi connectivity index (χ1n) is 9.88. The number of methoxy groups -OCH3 is 1. The summed E-state index contributed by atoms with van der Waals surface area (Å²) >= 11 is 0. The molecule has 10 heteroatoms. The minimum Gasteiger partial charge on any atom is -0.377 e. The zero-order valence-electron chi connectivity index (χ0n) is 18.0. The molecule has 2 aromatic heterocycles. The van der Waals surface area contributed by atoms with Gasteiger partial charge in [0.15, 0.2) is 11.8 Å². The molecule has 0 saturated carbocycles. The SMILES string of the molecule is CN=C(NCC(C)Cn1nc(C)cc1C)NC1CCc2nc(COC)nn2C1.I. The first-order chi connectivity index (χ1) is 13.5. The molecule has 0 saturated heterocycles. The van der Waals surface area contributed by atoms with Crippen molar-refractivity contribution in [2.24, 2.45) is 10.9 Å². The summed E-state index contributed by atoms with van der Waals surface area (Å²) in [6, 6.07) is 2.39. The molecule has 9 nitrogen and oxygen atoms in total. The number of aryl methyl sites for hydroxylation is 3. The van der Waals surface area contributed by atoms with E-state index < -0.39 is 0 Å². The number of hydrogen-bond donors (Lipinski definition) is 2. The number of rotatable bonds is 7. The predicted octanol–water partition coefficient (Wildman–Crippen LogP) is 1.67. The predicted molar refractivity (Wildman–Crippen MR) is 124 cm³/mol. The van der Waals surface area contributed by atoms with Crippen LogP contribution in [0.25, 0.3) is 0 Å². The van der Waals surface area contributed by atoms with E-state index in [0.717, 1.165) is 55.8 Å². The van der Waals surface area contributed by atoms with E-state index >= 15 is 0 Å². The van der Waals surface area contributed by atoms with Crippen LogP contribution in [0.4, 0.5) is 0 Å². The molecule has 0 spiro atoms. The van der Waals surface area contributed by atoms with Crippen LogP contribution in [0.2, 0.25) is 0 Å². The third-order valence-electron chi connectivity index (χ3n) is 4.95. The molecule has 29 heavy (non-hydrogen) atoms. The van der Waals surface area contributed by atoms with E-state index in [2.05, 4.69) is 55.4 Å². The highest BCUT2D eigenvalue weighted by atomic mass is 127. The molecular weight excluding hydrogens is 483 g/mol. The largest absolute Gasteiger partial charge is 0.377 e. The Labute approximate surface area is 189 Å². The lowest BCUT2D eigenvalue weighted by Crippen LogP contribution is -2.48. The maximum Gasteiger partial charge on any atom is 0.191 e. The Balaban J connectivity index is 0.00000300. The Hall–Kier alpha value is -1.69. The van der Waals surface area contributed by atoms with E-state index in [0.29, 0.717) is 12.5 Å². The second-order valence-electron chi connectivity index (χ2n) is 7.61. The molecule has 0 radical (unpaired) electrons. The van der Waals surface area contributed by atoms with Gasteiger partial charge in [0.25, 0.3) is 0 Å². The van der Waals surface area contributed by atoms with E-state index in [1.165, 1.54) is 5.69 Å². The lowest BCUT2D eigenvalue weighted by molar-refractivity contribution is 0.177. The van der Waals surface area contributed by atoms with Gasteiger partial charge in [-0.25, -0.2) is 9.67 Å². The zero-order valence-corrected chi connectivity index (χ0v) is 20.3. The summed E-state index contributed by atoms with van der Waals surface area (Å²) < 4.78 is 9.18. The van der Waals surface area contributed by atoms with E-state index in [1.807, 2.05) is 11.6 Å². The van der Waals surface area contributed by atoms with Crippen LogP contribution < -0.4 is 10.6 Å². The van der Waals surface area contributed by atoms with Crippen molar-refractivity contribution in [2.75, 3.05) is 20.7 Å². The highest BCUT2D eigenvalue weighted by Gasteiger charge is 2.22. The number of halogens is 1. The molecule has 0 aromatic carbocycles. The Morgan fingerprint density at radius 3 is 2.83 bits per heavy atom. The average molecular weight is 516 g/mol. The number of ether oxygens (including phenoxy) is 1. The summed E-state index contributed by atoms with van der Waals surface area (Å²) in [6.07, 6.45) is 1.91. The Morgan fingerprint density at radius 1 is 1.38 bits per heavy atom. The van der Waals surface area contributed by atoms with Gasteiger partial charge in [-0.15, -0.1) is 24.0 Å². The number of hydrogen-bond acceptors (Lipinski definition) is 5. The first kappa shape index (κ1) is 23.6. The van der Waals surface area contributed by atoms with Crippen LogP contribution in [0, 0.1) is 19.8 Å². The molecule has 3 heterocycles. The first-order valence-corrected chi connectivity index (χ1v) is 9.88. The maximum atomic E-state index is 5.13. The molecule has 0 fully saturated rings. The molecule has 1 aliphatic rings. The molecule has 1 aliphatic heterocycles. The molecule has 162 valence electrons. The number of nitrogens with one attached hydrogen (secondary N) is 2. The Morgan fingerprint density at radius 2 is 2.17 bits per heavy atom. The van der Waals surface area contributed by atoms with Crippen molar-refractivity contribution in [3.8, 4) is 0 Å². The summed E-state index contributed by atoms with van der Waals surface area (Å²) in [7, 11) is 3.47. The number of nitrogens with zero attached hydrogens (tertiary/aromatic N) is 6. The van der Waals surface area contributed by atoms with Crippen molar-refractivity contribution in [1.29, 1.82) is 0 Å². The smallest absolute Gasteiger partial charge is 0.191 e. The number of aromatic nitrogens is 5. The van der Waals surface area contributed by atoms with Crippen molar-refractivity contribution >= 4 is 29.9 Å². The van der Waals surface area contributed by atoms with E-state index in [9.17, 15) is 0 Å². The fourth-order valence-electron chi connectivity index (χ4n) is 3.55. The summed E-state index contributed by atoms with van der Waals surface area (Å²) in [5.74, 6) is 3.04. The van der Waals surface area contributed by atoms with Crippen LogP contribution in [-0.4, -0.2) is 57.2 Å². The standard InChI is InChI=1S/C19H32N8O.HI/c1-13(10-26-15(3)8-14(2)24-26)9-21-19(20-4)22-16-6-7-18-23-17(12-28-5)25-27(18)11-16;/h8,13,16H,6-7,9-12H2,1-5H3,(H2,20,21,22);1H. The van der Waals surface area contributed by atoms with Gasteiger partial charge < -0.3 is 15.4 Å². The molecule has 2 aromatic rings. The topological polar surface area (TPSA) is 94.2 Å². The van der Waals surface area contributed by atoms with Crippen molar-refractivity contribution in [1.82, 2.24) is 35.2 Å². The molecule has 0 amide bonds. The second kappa shape index (κ2) is 10.9. The van der Waals surface area contributed by atoms with Crippen LogP contribution in [0.15, 0.2) is 11.1 Å². The summed E-state index contributed by atoms with van der Waals surface area (Å²) in [4.78, 5) is 8.91. The van der Waals surface area contributed by atoms with Gasteiger partial charge in [-0.1, -0.05) is 6.92 Å². The highest BCUT2D eigenvalue weighted by molar-refractivity contribution is 14.0. The van der Waals surface area contributed by atoms with E-state index in [-0.39, 0.29) is 30.0 Å². The van der Waals surface area contributed by atoms with Crippen molar-refractivity contribution < 1.29 is 4.74 Å². The lowest BCUT2D eigenvalue weighted by atomic mass is 10.1. The fraction of sp³-hybridized carbons (Fsp3) is 0.684. The minimum atomic E-state index is 0. The summed E-state index contributed by atoms with van der Waals surface area (Å²) in [5.41, 5.74) is 2.26. The van der Waals surface area contributed by atoms with Gasteiger partial charge in [-0.05, 0) is 32.3 Å². The molecule has 3 rings (SSSR count). The maximum absolute atomic E-state index is 5.13. The fourth-order valence-corrected chi connectivity index (χ4v) is 3.55. The van der Waals surface area contributed by atoms with Gasteiger partial charge in [0.05, 0.1) is 12.2 Å². The molecule has 2 unspecified atom stereocenters. The third-order valence-corrected chi connectivity index (χ3v) is 4.95.